The number of nitrogens with zero attached hydrogens (tertiary/aromatic N) is 2. The van der Waals surface area contributed by atoms with E-state index in [1.165, 1.54) is 0 Å². The average Bonchev–Trinajstić information content (AvgIpc) is 2.50. The number of hydrogen-bond acceptors (Lipinski definition) is 2. The number of hydrogen-bond donors (Lipinski definition) is 1. The molecule has 2 atom stereocenters. The lowest BCUT2D eigenvalue weighted by Crippen LogP contribution is -2.36. The Labute approximate surface area is 93.3 Å². The highest BCUT2D eigenvalue weighted by Gasteiger charge is 2.05. The van der Waals surface area contributed by atoms with E-state index in [9.17, 15) is 0 Å². The van der Waals surface area contributed by atoms with E-state index in [0.29, 0.717) is 12.1 Å². The smallest absolute Gasteiger partial charge is 0.0632 e. The first-order chi connectivity index (χ1) is 6.61. The fourth-order valence-electron chi connectivity index (χ4n) is 1.29. The van der Waals surface area contributed by atoms with E-state index in [2.05, 4.69) is 46.8 Å². The lowest BCUT2D eigenvalue weighted by molar-refractivity contribution is 0.434. The third kappa shape index (κ3) is 3.64. The lowest BCUT2D eigenvalue weighted by Gasteiger charge is -2.17. The number of aromatic nitrogens is 2. The molecule has 1 N–H and O–H groups in total. The van der Waals surface area contributed by atoms with Gasteiger partial charge in [0.05, 0.1) is 17.2 Å². The maximum Gasteiger partial charge on any atom is 0.0632 e. The summed E-state index contributed by atoms with van der Waals surface area (Å²) in [6.45, 7) is 8.82. The summed E-state index contributed by atoms with van der Waals surface area (Å²) < 4.78 is 2.93. The summed E-state index contributed by atoms with van der Waals surface area (Å²) in [6, 6.07) is 0.721. The van der Waals surface area contributed by atoms with Crippen molar-refractivity contribution in [3.63, 3.8) is 0 Å². The minimum Gasteiger partial charge on any atom is -0.306 e. The topological polar surface area (TPSA) is 29.9 Å². The molecule has 0 bridgehead atoms. The molecule has 0 saturated carbocycles. The van der Waals surface area contributed by atoms with Gasteiger partial charge in [-0.25, -0.2) is 0 Å². The molecule has 14 heavy (non-hydrogen) atoms. The van der Waals surface area contributed by atoms with E-state index in [0.717, 1.165) is 11.0 Å². The summed E-state index contributed by atoms with van der Waals surface area (Å²) in [5.74, 6) is 0. The van der Waals surface area contributed by atoms with Crippen LogP contribution in [-0.2, 0) is 6.54 Å². The van der Waals surface area contributed by atoms with Crippen LogP contribution in [0.25, 0.3) is 0 Å². The van der Waals surface area contributed by atoms with Gasteiger partial charge in [0.15, 0.2) is 0 Å². The summed E-state index contributed by atoms with van der Waals surface area (Å²) in [5.41, 5.74) is 0. The largest absolute Gasteiger partial charge is 0.306 e. The maximum atomic E-state index is 4.19. The molecule has 0 fully saturated rings. The van der Waals surface area contributed by atoms with E-state index in [1.807, 2.05) is 17.0 Å². The summed E-state index contributed by atoms with van der Waals surface area (Å²) in [7, 11) is 0. The molecule has 4 heteroatoms. The summed E-state index contributed by atoms with van der Waals surface area (Å²) in [5, 5.41) is 7.59. The second-order valence-electron chi connectivity index (χ2n) is 3.47. The molecule has 3 nitrogen and oxygen atoms in total. The standard InChI is InChI=1S/C10H16BrN3/c1-4-8(2)13-9(3)6-14-7-10(11)5-12-14/h4-5,7-9,13H,1,6H2,2-3H3. The fourth-order valence-corrected chi connectivity index (χ4v) is 1.62. The molecule has 0 aliphatic rings. The van der Waals surface area contributed by atoms with Crippen LogP contribution < -0.4 is 5.32 Å². The van der Waals surface area contributed by atoms with E-state index < -0.39 is 0 Å². The highest BCUT2D eigenvalue weighted by molar-refractivity contribution is 9.10. The molecule has 0 amide bonds. The van der Waals surface area contributed by atoms with Crippen molar-refractivity contribution in [1.82, 2.24) is 15.1 Å². The lowest BCUT2D eigenvalue weighted by atomic mass is 10.2. The van der Waals surface area contributed by atoms with Crippen LogP contribution >= 0.6 is 15.9 Å². The molecule has 0 radical (unpaired) electrons. The Kier molecular flexibility index (Phi) is 4.35. The number of halogens is 1. The van der Waals surface area contributed by atoms with Crippen molar-refractivity contribution in [3.8, 4) is 0 Å². The van der Waals surface area contributed by atoms with Gasteiger partial charge in [-0.2, -0.15) is 5.10 Å². The molecule has 0 spiro atoms. The van der Waals surface area contributed by atoms with Gasteiger partial charge in [-0.15, -0.1) is 6.58 Å². The summed E-state index contributed by atoms with van der Waals surface area (Å²) >= 11 is 3.37. The van der Waals surface area contributed by atoms with E-state index >= 15 is 0 Å². The highest BCUT2D eigenvalue weighted by Crippen LogP contribution is 2.06. The van der Waals surface area contributed by atoms with Gasteiger partial charge in [0.2, 0.25) is 0 Å². The Morgan fingerprint density at radius 3 is 2.93 bits per heavy atom. The van der Waals surface area contributed by atoms with Gasteiger partial charge in [0, 0.05) is 18.3 Å². The molecule has 0 aliphatic carbocycles. The van der Waals surface area contributed by atoms with E-state index in [-0.39, 0.29) is 0 Å². The summed E-state index contributed by atoms with van der Waals surface area (Å²) in [6.07, 6.45) is 5.66. The van der Waals surface area contributed by atoms with Crippen molar-refractivity contribution in [2.75, 3.05) is 0 Å². The van der Waals surface area contributed by atoms with Crippen LogP contribution in [0.5, 0.6) is 0 Å². The number of nitrogens with one attached hydrogen (secondary N) is 1. The zero-order valence-electron chi connectivity index (χ0n) is 8.57. The predicted molar refractivity (Wildman–Crippen MR) is 62.2 cm³/mol. The van der Waals surface area contributed by atoms with Crippen LogP contribution in [0.3, 0.4) is 0 Å². The minimum absolute atomic E-state index is 0.337. The monoisotopic (exact) mass is 257 g/mol. The van der Waals surface area contributed by atoms with Crippen molar-refractivity contribution in [3.05, 3.63) is 29.5 Å². The number of rotatable bonds is 5. The second-order valence-corrected chi connectivity index (χ2v) is 4.39. The van der Waals surface area contributed by atoms with E-state index in [4.69, 9.17) is 0 Å². The molecular formula is C10H16BrN3. The molecule has 2 unspecified atom stereocenters. The Hall–Kier alpha value is -0.610. The van der Waals surface area contributed by atoms with Gasteiger partial charge in [-0.05, 0) is 29.8 Å². The van der Waals surface area contributed by atoms with Gasteiger partial charge in [0.1, 0.15) is 0 Å². The van der Waals surface area contributed by atoms with Crippen LogP contribution in [0, 0.1) is 0 Å². The molecule has 1 rings (SSSR count). The average molecular weight is 258 g/mol. The fraction of sp³-hybridized carbons (Fsp3) is 0.500. The van der Waals surface area contributed by atoms with Gasteiger partial charge < -0.3 is 5.32 Å². The van der Waals surface area contributed by atoms with Gasteiger partial charge in [-0.3, -0.25) is 4.68 Å². The molecular weight excluding hydrogens is 242 g/mol. The van der Waals surface area contributed by atoms with Crippen LogP contribution in [0.15, 0.2) is 29.5 Å². The molecule has 1 heterocycles. The Balaban J connectivity index is 2.40. The molecule has 1 aromatic rings. The molecule has 78 valence electrons. The van der Waals surface area contributed by atoms with E-state index in [1.54, 1.807) is 6.20 Å². The molecule has 0 saturated heterocycles. The van der Waals surface area contributed by atoms with Crippen molar-refractivity contribution < 1.29 is 0 Å². The zero-order chi connectivity index (χ0) is 10.6. The van der Waals surface area contributed by atoms with Crippen molar-refractivity contribution >= 4 is 15.9 Å². The van der Waals surface area contributed by atoms with Crippen LogP contribution in [0.4, 0.5) is 0 Å². The van der Waals surface area contributed by atoms with Crippen molar-refractivity contribution in [2.24, 2.45) is 0 Å². The first-order valence-corrected chi connectivity index (χ1v) is 5.47. The SMILES string of the molecule is C=CC(C)NC(C)Cn1cc(Br)cn1. The van der Waals surface area contributed by atoms with Crippen molar-refractivity contribution in [2.45, 2.75) is 32.5 Å². The third-order valence-electron chi connectivity index (χ3n) is 1.96. The maximum absolute atomic E-state index is 4.19. The highest BCUT2D eigenvalue weighted by atomic mass is 79.9. The zero-order valence-corrected chi connectivity index (χ0v) is 10.2. The quantitative estimate of drug-likeness (QED) is 0.820. The minimum atomic E-state index is 0.337. The third-order valence-corrected chi connectivity index (χ3v) is 2.37. The first-order valence-electron chi connectivity index (χ1n) is 4.68. The normalized spacial score (nSPS) is 15.1. The Bertz CT molecular complexity index is 295. The van der Waals surface area contributed by atoms with Crippen LogP contribution in [0.1, 0.15) is 13.8 Å². The Morgan fingerprint density at radius 1 is 1.71 bits per heavy atom. The van der Waals surface area contributed by atoms with Crippen LogP contribution in [0.2, 0.25) is 0 Å². The molecule has 0 aliphatic heterocycles. The molecule has 0 aromatic carbocycles. The van der Waals surface area contributed by atoms with Gasteiger partial charge in [0.25, 0.3) is 0 Å². The molecule has 1 aromatic heterocycles. The summed E-state index contributed by atoms with van der Waals surface area (Å²) in [4.78, 5) is 0. The Morgan fingerprint density at radius 2 is 2.43 bits per heavy atom. The van der Waals surface area contributed by atoms with Gasteiger partial charge in [-0.1, -0.05) is 6.08 Å². The first kappa shape index (κ1) is 11.5. The van der Waals surface area contributed by atoms with Crippen molar-refractivity contribution in [1.29, 1.82) is 0 Å². The van der Waals surface area contributed by atoms with Crippen LogP contribution in [-0.4, -0.2) is 21.9 Å². The van der Waals surface area contributed by atoms with Gasteiger partial charge >= 0.3 is 0 Å². The second kappa shape index (κ2) is 5.32. The predicted octanol–water partition coefficient (Wildman–Crippen LogP) is 2.20.